The van der Waals surface area contributed by atoms with Crippen molar-refractivity contribution in [1.29, 1.82) is 0 Å². The number of carbonyl (C=O) groups excluding carboxylic acids is 1. The van der Waals surface area contributed by atoms with Crippen molar-refractivity contribution in [2.24, 2.45) is 0 Å². The molecular formula is C11H17BrN4O3S. The molecule has 0 aliphatic heterocycles. The smallest absolute Gasteiger partial charge is 0.244 e. The Morgan fingerprint density at radius 1 is 1.35 bits per heavy atom. The topological polar surface area (TPSA) is 100 Å². The lowest BCUT2D eigenvalue weighted by molar-refractivity contribution is -0.119. The predicted octanol–water partition coefficient (Wildman–Crippen LogP) is 0.690. The van der Waals surface area contributed by atoms with E-state index >= 15 is 0 Å². The molecule has 9 heteroatoms. The molecule has 0 fully saturated rings. The summed E-state index contributed by atoms with van der Waals surface area (Å²) in [7, 11) is -3.81. The Morgan fingerprint density at radius 2 is 2.05 bits per heavy atom. The summed E-state index contributed by atoms with van der Waals surface area (Å²) in [5, 5.41) is 5.38. The van der Waals surface area contributed by atoms with Gasteiger partial charge in [-0.05, 0) is 35.8 Å². The fraction of sp³-hybridized carbons (Fsp3) is 0.455. The molecule has 1 heterocycles. The van der Waals surface area contributed by atoms with E-state index in [-0.39, 0.29) is 23.2 Å². The first-order chi connectivity index (χ1) is 9.40. The highest BCUT2D eigenvalue weighted by molar-refractivity contribution is 9.10. The lowest BCUT2D eigenvalue weighted by atomic mass is 10.4. The third-order valence-electron chi connectivity index (χ3n) is 2.25. The molecule has 1 aromatic rings. The molecule has 0 saturated heterocycles. The number of sulfonamides is 1. The van der Waals surface area contributed by atoms with Gasteiger partial charge < -0.3 is 10.6 Å². The molecule has 1 amide bonds. The van der Waals surface area contributed by atoms with Crippen LogP contribution in [-0.4, -0.2) is 38.9 Å². The average molecular weight is 365 g/mol. The molecule has 1 aromatic heterocycles. The number of nitrogens with zero attached hydrogens (tertiary/aromatic N) is 1. The predicted molar refractivity (Wildman–Crippen MR) is 80.0 cm³/mol. The van der Waals surface area contributed by atoms with E-state index in [4.69, 9.17) is 0 Å². The number of halogens is 1. The zero-order valence-corrected chi connectivity index (χ0v) is 13.6. The van der Waals surface area contributed by atoms with Crippen molar-refractivity contribution in [3.63, 3.8) is 0 Å². The quantitative estimate of drug-likeness (QED) is 0.660. The number of pyridine rings is 1. The summed E-state index contributed by atoms with van der Waals surface area (Å²) in [5.41, 5.74) is 0. The van der Waals surface area contributed by atoms with Crippen LogP contribution in [0.5, 0.6) is 0 Å². The maximum Gasteiger partial charge on any atom is 0.244 e. The van der Waals surface area contributed by atoms with Crippen molar-refractivity contribution < 1.29 is 13.2 Å². The summed E-state index contributed by atoms with van der Waals surface area (Å²) in [6.45, 7) is 4.26. The molecule has 0 atom stereocenters. The Kier molecular flexibility index (Phi) is 6.37. The van der Waals surface area contributed by atoms with E-state index in [0.29, 0.717) is 17.6 Å². The maximum atomic E-state index is 12.2. The van der Waals surface area contributed by atoms with Gasteiger partial charge in [0.25, 0.3) is 0 Å². The van der Waals surface area contributed by atoms with E-state index in [9.17, 15) is 13.2 Å². The SMILES string of the molecule is CCNC(=O)CNS(=O)(=O)c1cc(Br)cnc1NCC. The van der Waals surface area contributed by atoms with Crippen molar-refractivity contribution in [2.45, 2.75) is 18.7 Å². The molecule has 0 spiro atoms. The fourth-order valence-electron chi connectivity index (χ4n) is 1.42. The molecule has 0 radical (unpaired) electrons. The average Bonchev–Trinajstić information content (AvgIpc) is 2.39. The van der Waals surface area contributed by atoms with E-state index in [1.165, 1.54) is 12.3 Å². The van der Waals surface area contributed by atoms with Gasteiger partial charge in [0.05, 0.1) is 6.54 Å². The Hall–Kier alpha value is -1.19. The summed E-state index contributed by atoms with van der Waals surface area (Å²) in [4.78, 5) is 15.3. The molecule has 0 saturated carbocycles. The van der Waals surface area contributed by atoms with Crippen molar-refractivity contribution in [2.75, 3.05) is 25.0 Å². The van der Waals surface area contributed by atoms with Crippen LogP contribution in [0.1, 0.15) is 13.8 Å². The van der Waals surface area contributed by atoms with Gasteiger partial charge in [-0.2, -0.15) is 0 Å². The minimum Gasteiger partial charge on any atom is -0.369 e. The number of aromatic nitrogens is 1. The Morgan fingerprint density at radius 3 is 2.65 bits per heavy atom. The van der Waals surface area contributed by atoms with E-state index < -0.39 is 10.0 Å². The first kappa shape index (κ1) is 16.9. The molecule has 0 aliphatic rings. The third kappa shape index (κ3) is 4.73. The van der Waals surface area contributed by atoms with Crippen LogP contribution < -0.4 is 15.4 Å². The van der Waals surface area contributed by atoms with Gasteiger partial charge in [0.1, 0.15) is 10.7 Å². The molecular weight excluding hydrogens is 348 g/mol. The van der Waals surface area contributed by atoms with Crippen LogP contribution >= 0.6 is 15.9 Å². The molecule has 7 nitrogen and oxygen atoms in total. The molecule has 20 heavy (non-hydrogen) atoms. The van der Waals surface area contributed by atoms with Crippen molar-refractivity contribution in [3.05, 3.63) is 16.7 Å². The van der Waals surface area contributed by atoms with Gasteiger partial charge in [0, 0.05) is 23.8 Å². The van der Waals surface area contributed by atoms with Crippen LogP contribution in [0.4, 0.5) is 5.82 Å². The van der Waals surface area contributed by atoms with Gasteiger partial charge in [0.2, 0.25) is 15.9 Å². The second kappa shape index (κ2) is 7.55. The third-order valence-corrected chi connectivity index (χ3v) is 4.10. The van der Waals surface area contributed by atoms with E-state index in [1.54, 1.807) is 6.92 Å². The van der Waals surface area contributed by atoms with Gasteiger partial charge in [-0.3, -0.25) is 4.79 Å². The van der Waals surface area contributed by atoms with Crippen molar-refractivity contribution in [1.82, 2.24) is 15.0 Å². The van der Waals surface area contributed by atoms with Gasteiger partial charge in [-0.15, -0.1) is 0 Å². The number of rotatable bonds is 7. The van der Waals surface area contributed by atoms with Crippen LogP contribution in [0.15, 0.2) is 21.6 Å². The van der Waals surface area contributed by atoms with E-state index in [2.05, 4.69) is 36.3 Å². The highest BCUT2D eigenvalue weighted by Crippen LogP contribution is 2.22. The first-order valence-electron chi connectivity index (χ1n) is 6.06. The molecule has 0 aliphatic carbocycles. The molecule has 3 N–H and O–H groups in total. The van der Waals surface area contributed by atoms with Crippen LogP contribution in [0.2, 0.25) is 0 Å². The van der Waals surface area contributed by atoms with E-state index in [1.807, 2.05) is 6.92 Å². The summed E-state index contributed by atoms with van der Waals surface area (Å²) < 4.78 is 27.2. The van der Waals surface area contributed by atoms with E-state index in [0.717, 1.165) is 0 Å². The van der Waals surface area contributed by atoms with Crippen LogP contribution in [0, 0.1) is 0 Å². The second-order valence-corrected chi connectivity index (χ2v) is 6.46. The number of anilines is 1. The zero-order chi connectivity index (χ0) is 15.2. The Bertz CT molecular complexity index is 577. The number of carbonyl (C=O) groups is 1. The Labute approximate surface area is 126 Å². The molecule has 1 rings (SSSR count). The normalized spacial score (nSPS) is 11.2. The number of likely N-dealkylation sites (N-methyl/N-ethyl adjacent to an activating group) is 1. The minimum atomic E-state index is -3.81. The second-order valence-electron chi connectivity index (χ2n) is 3.81. The fourth-order valence-corrected chi connectivity index (χ4v) is 3.04. The van der Waals surface area contributed by atoms with Crippen molar-refractivity contribution >= 4 is 37.7 Å². The number of nitrogens with one attached hydrogen (secondary N) is 3. The largest absolute Gasteiger partial charge is 0.369 e. The molecule has 0 aromatic carbocycles. The van der Waals surface area contributed by atoms with Crippen LogP contribution in [-0.2, 0) is 14.8 Å². The van der Waals surface area contributed by atoms with Crippen LogP contribution in [0.25, 0.3) is 0 Å². The number of amides is 1. The van der Waals surface area contributed by atoms with Gasteiger partial charge in [-0.25, -0.2) is 18.1 Å². The van der Waals surface area contributed by atoms with Crippen molar-refractivity contribution in [3.8, 4) is 0 Å². The zero-order valence-electron chi connectivity index (χ0n) is 11.2. The Balaban J connectivity index is 2.96. The minimum absolute atomic E-state index is 0.00183. The summed E-state index contributed by atoms with van der Waals surface area (Å²) in [5.74, 6) is -0.136. The highest BCUT2D eigenvalue weighted by atomic mass is 79.9. The monoisotopic (exact) mass is 364 g/mol. The van der Waals surface area contributed by atoms with Gasteiger partial charge in [-0.1, -0.05) is 0 Å². The molecule has 0 bridgehead atoms. The first-order valence-corrected chi connectivity index (χ1v) is 8.34. The summed E-state index contributed by atoms with van der Waals surface area (Å²) in [6.07, 6.45) is 1.50. The number of hydrogen-bond donors (Lipinski definition) is 3. The highest BCUT2D eigenvalue weighted by Gasteiger charge is 2.20. The molecule has 112 valence electrons. The lowest BCUT2D eigenvalue weighted by Crippen LogP contribution is -2.37. The standard InChI is InChI=1S/C11H17BrN4O3S/c1-3-13-10(17)7-16-20(18,19)9-5-8(12)6-15-11(9)14-4-2/h5-6,16H,3-4,7H2,1-2H3,(H,13,17)(H,14,15). The number of hydrogen-bond acceptors (Lipinski definition) is 5. The summed E-state index contributed by atoms with van der Waals surface area (Å²) in [6, 6.07) is 1.44. The maximum absolute atomic E-state index is 12.2. The van der Waals surface area contributed by atoms with Gasteiger partial charge in [0.15, 0.2) is 0 Å². The van der Waals surface area contributed by atoms with Crippen LogP contribution in [0.3, 0.4) is 0 Å². The summed E-state index contributed by atoms with van der Waals surface area (Å²) >= 11 is 3.18. The lowest BCUT2D eigenvalue weighted by Gasteiger charge is -2.11. The van der Waals surface area contributed by atoms with Gasteiger partial charge >= 0.3 is 0 Å². The molecule has 0 unspecified atom stereocenters.